The Morgan fingerprint density at radius 1 is 1.24 bits per heavy atom. The molecule has 132 valence electrons. The summed E-state index contributed by atoms with van der Waals surface area (Å²) in [6.07, 6.45) is 9.97. The van der Waals surface area contributed by atoms with Gasteiger partial charge in [-0.25, -0.2) is 4.68 Å². The van der Waals surface area contributed by atoms with E-state index in [9.17, 15) is 0 Å². The summed E-state index contributed by atoms with van der Waals surface area (Å²) < 4.78 is 7.24. The van der Waals surface area contributed by atoms with Gasteiger partial charge in [0.2, 0.25) is 4.80 Å². The quantitative estimate of drug-likeness (QED) is 0.565. The monoisotopic (exact) mass is 355 g/mol. The van der Waals surface area contributed by atoms with Crippen molar-refractivity contribution >= 4 is 17.6 Å². The predicted molar refractivity (Wildman–Crippen MR) is 105 cm³/mol. The lowest BCUT2D eigenvalue weighted by atomic mass is 9.96. The lowest BCUT2D eigenvalue weighted by Gasteiger charge is -2.12. The van der Waals surface area contributed by atoms with Crippen LogP contribution in [0.3, 0.4) is 0 Å². The maximum Gasteiger partial charge on any atom is 0.206 e. The van der Waals surface area contributed by atoms with Crippen LogP contribution in [0.25, 0.3) is 11.3 Å². The van der Waals surface area contributed by atoms with Gasteiger partial charge in [0.1, 0.15) is 5.75 Å². The molecule has 1 aliphatic rings. The normalized spacial score (nSPS) is 18.4. The molecule has 25 heavy (non-hydrogen) atoms. The molecular formula is C20H25N3OS. The first kappa shape index (κ1) is 17.7. The van der Waals surface area contributed by atoms with Crippen molar-refractivity contribution in [3.63, 3.8) is 0 Å². The molecule has 0 spiro atoms. The minimum absolute atomic E-state index is 0.237. The van der Waals surface area contributed by atoms with Crippen LogP contribution in [0, 0.1) is 5.92 Å². The van der Waals surface area contributed by atoms with Gasteiger partial charge in [-0.1, -0.05) is 12.2 Å². The topological polar surface area (TPSA) is 38.9 Å². The molecule has 0 amide bonds. The molecule has 3 rings (SSSR count). The molecule has 1 atom stereocenters. The largest absolute Gasteiger partial charge is 0.497 e. The fraction of sp³-hybridized carbons (Fsp3) is 0.400. The van der Waals surface area contributed by atoms with E-state index in [-0.39, 0.29) is 6.04 Å². The molecule has 1 unspecified atom stereocenters. The average molecular weight is 356 g/mol. The highest BCUT2D eigenvalue weighted by atomic mass is 32.1. The first-order valence-corrected chi connectivity index (χ1v) is 9.63. The second kappa shape index (κ2) is 8.30. The predicted octanol–water partition coefficient (Wildman–Crippen LogP) is 4.72. The maximum absolute atomic E-state index is 5.26. The lowest BCUT2D eigenvalue weighted by molar-refractivity contribution is 0.415. The summed E-state index contributed by atoms with van der Waals surface area (Å²) >= 11 is 1.63. The van der Waals surface area contributed by atoms with Crippen LogP contribution in [0.4, 0.5) is 0 Å². The molecule has 0 saturated carbocycles. The van der Waals surface area contributed by atoms with Gasteiger partial charge in [0.15, 0.2) is 0 Å². The molecule has 1 aromatic heterocycles. The van der Waals surface area contributed by atoms with Crippen LogP contribution >= 0.6 is 11.3 Å². The summed E-state index contributed by atoms with van der Waals surface area (Å²) in [4.78, 5) is 5.67. The van der Waals surface area contributed by atoms with E-state index in [2.05, 4.69) is 49.7 Å². The van der Waals surface area contributed by atoms with Crippen LogP contribution in [-0.4, -0.2) is 24.0 Å². The highest BCUT2D eigenvalue weighted by molar-refractivity contribution is 7.07. The second-order valence-electron chi connectivity index (χ2n) is 6.48. The van der Waals surface area contributed by atoms with E-state index in [0.717, 1.165) is 34.6 Å². The lowest BCUT2D eigenvalue weighted by Crippen LogP contribution is -2.15. The molecule has 5 heteroatoms. The molecule has 1 aromatic carbocycles. The Morgan fingerprint density at radius 3 is 2.68 bits per heavy atom. The fourth-order valence-corrected chi connectivity index (χ4v) is 3.76. The Balaban J connectivity index is 1.98. The smallest absolute Gasteiger partial charge is 0.206 e. The number of hydrogen-bond acceptors (Lipinski definition) is 4. The van der Waals surface area contributed by atoms with Gasteiger partial charge in [-0.2, -0.15) is 5.10 Å². The molecule has 0 N–H and O–H groups in total. The van der Waals surface area contributed by atoms with Gasteiger partial charge in [0, 0.05) is 23.2 Å². The van der Waals surface area contributed by atoms with Gasteiger partial charge in [-0.05, 0) is 63.3 Å². The van der Waals surface area contributed by atoms with Crippen LogP contribution < -0.4 is 9.54 Å². The molecule has 1 heterocycles. The minimum atomic E-state index is 0.237. The Kier molecular flexibility index (Phi) is 5.87. The van der Waals surface area contributed by atoms with E-state index in [1.165, 1.54) is 6.42 Å². The summed E-state index contributed by atoms with van der Waals surface area (Å²) in [5, 5.41) is 6.93. The molecule has 2 aromatic rings. The maximum atomic E-state index is 5.26. The van der Waals surface area contributed by atoms with Crippen molar-refractivity contribution in [1.82, 2.24) is 4.68 Å². The molecular weight excluding hydrogens is 330 g/mol. The Morgan fingerprint density at radius 2 is 2.04 bits per heavy atom. The highest BCUT2D eigenvalue weighted by Crippen LogP contribution is 2.23. The van der Waals surface area contributed by atoms with Gasteiger partial charge < -0.3 is 4.74 Å². The van der Waals surface area contributed by atoms with E-state index in [0.29, 0.717) is 5.92 Å². The number of nitrogens with zero attached hydrogens (tertiary/aromatic N) is 3. The highest BCUT2D eigenvalue weighted by Gasteiger charge is 2.10. The number of aromatic nitrogens is 1. The zero-order valence-corrected chi connectivity index (χ0v) is 15.9. The summed E-state index contributed by atoms with van der Waals surface area (Å²) in [5.41, 5.74) is 2.18. The standard InChI is InChI=1S/C20H25N3OS/c1-15(2)22-20-23(21-13-16-7-5-4-6-8-16)19(14-25-20)17-9-11-18(24-3)12-10-17/h4-5,9-16H,6-8H2,1-3H3. The number of allylic oxidation sites excluding steroid dienone is 2. The van der Waals surface area contributed by atoms with Gasteiger partial charge in [0.25, 0.3) is 0 Å². The zero-order valence-electron chi connectivity index (χ0n) is 15.1. The fourth-order valence-electron chi connectivity index (χ4n) is 2.79. The Hall–Kier alpha value is -2.14. The van der Waals surface area contributed by atoms with Gasteiger partial charge in [0.05, 0.1) is 12.8 Å². The molecule has 1 aliphatic carbocycles. The van der Waals surface area contributed by atoms with Gasteiger partial charge >= 0.3 is 0 Å². The number of ether oxygens (including phenoxy) is 1. The van der Waals surface area contributed by atoms with Crippen LogP contribution in [-0.2, 0) is 0 Å². The first-order chi connectivity index (χ1) is 12.2. The van der Waals surface area contributed by atoms with Crippen molar-refractivity contribution < 1.29 is 4.74 Å². The van der Waals surface area contributed by atoms with Crippen molar-refractivity contribution in [2.75, 3.05) is 7.11 Å². The third-order valence-electron chi connectivity index (χ3n) is 4.14. The van der Waals surface area contributed by atoms with Crippen LogP contribution in [0.2, 0.25) is 0 Å². The van der Waals surface area contributed by atoms with Gasteiger partial charge in [-0.3, -0.25) is 4.99 Å². The van der Waals surface area contributed by atoms with E-state index < -0.39 is 0 Å². The summed E-state index contributed by atoms with van der Waals surface area (Å²) in [6.45, 7) is 4.18. The first-order valence-electron chi connectivity index (χ1n) is 8.75. The van der Waals surface area contributed by atoms with Crippen LogP contribution in [0.1, 0.15) is 33.1 Å². The third-order valence-corrected chi connectivity index (χ3v) is 4.97. The molecule has 0 bridgehead atoms. The summed E-state index contributed by atoms with van der Waals surface area (Å²) in [7, 11) is 1.68. The second-order valence-corrected chi connectivity index (χ2v) is 7.31. The average Bonchev–Trinajstić information content (AvgIpc) is 3.02. The van der Waals surface area contributed by atoms with Crippen molar-refractivity contribution in [2.45, 2.75) is 39.2 Å². The summed E-state index contributed by atoms with van der Waals surface area (Å²) in [5.74, 6) is 1.36. The van der Waals surface area contributed by atoms with Gasteiger partial charge in [-0.15, -0.1) is 11.3 Å². The molecule has 0 saturated heterocycles. The number of hydrogen-bond donors (Lipinski definition) is 0. The molecule has 0 radical (unpaired) electrons. The van der Waals surface area contributed by atoms with Crippen LogP contribution in [0.15, 0.2) is 51.9 Å². The SMILES string of the molecule is COc1ccc(-c2csc(=NC(C)C)n2N=CC2CC=CCC2)cc1. The molecule has 4 nitrogen and oxygen atoms in total. The Bertz CT molecular complexity index is 812. The number of benzene rings is 1. The third kappa shape index (κ3) is 4.48. The van der Waals surface area contributed by atoms with Crippen molar-refractivity contribution in [1.29, 1.82) is 0 Å². The van der Waals surface area contributed by atoms with Crippen molar-refractivity contribution in [3.05, 3.63) is 46.6 Å². The molecule has 0 aliphatic heterocycles. The van der Waals surface area contributed by atoms with Crippen molar-refractivity contribution in [3.8, 4) is 17.0 Å². The van der Waals surface area contributed by atoms with Crippen LogP contribution in [0.5, 0.6) is 5.75 Å². The summed E-state index contributed by atoms with van der Waals surface area (Å²) in [6, 6.07) is 8.32. The van der Waals surface area contributed by atoms with E-state index >= 15 is 0 Å². The van der Waals surface area contributed by atoms with Crippen molar-refractivity contribution in [2.24, 2.45) is 16.0 Å². The van der Waals surface area contributed by atoms with E-state index in [4.69, 9.17) is 14.8 Å². The Labute approximate surface area is 153 Å². The van der Waals surface area contributed by atoms with E-state index in [1.807, 2.05) is 16.8 Å². The minimum Gasteiger partial charge on any atom is -0.497 e. The number of methoxy groups -OCH3 is 1. The van der Waals surface area contributed by atoms with E-state index in [1.54, 1.807) is 18.4 Å². The number of rotatable bonds is 5. The number of thiazole rings is 1. The zero-order chi connectivity index (χ0) is 17.6. The molecule has 0 fully saturated rings.